The molecular weight excluding hydrogens is 400 g/mol. The van der Waals surface area contributed by atoms with Crippen molar-refractivity contribution < 1.29 is 4.79 Å². The fourth-order valence-corrected chi connectivity index (χ4v) is 5.94. The number of fused-ring (bicyclic) bond motifs is 1. The van der Waals surface area contributed by atoms with Crippen LogP contribution < -0.4 is 5.01 Å². The highest BCUT2D eigenvalue weighted by atomic mass is 32.1. The first-order valence-electron chi connectivity index (χ1n) is 10.4. The molecule has 0 amide bonds. The summed E-state index contributed by atoms with van der Waals surface area (Å²) in [6.07, 6.45) is 0.638. The van der Waals surface area contributed by atoms with E-state index < -0.39 is 5.54 Å². The number of hydrogen-bond acceptors (Lipinski definition) is 4. The maximum absolute atomic E-state index is 14.2. The van der Waals surface area contributed by atoms with Crippen molar-refractivity contribution in [3.63, 3.8) is 0 Å². The zero-order valence-electron chi connectivity index (χ0n) is 16.8. The Hall–Kier alpha value is -3.50. The van der Waals surface area contributed by atoms with Crippen LogP contribution in [0.3, 0.4) is 0 Å². The van der Waals surface area contributed by atoms with Gasteiger partial charge in [0.1, 0.15) is 5.54 Å². The van der Waals surface area contributed by atoms with Gasteiger partial charge in [-0.3, -0.25) is 4.79 Å². The van der Waals surface area contributed by atoms with Crippen molar-refractivity contribution in [2.24, 2.45) is 5.10 Å². The monoisotopic (exact) mass is 420 g/mol. The number of para-hydroxylation sites is 1. The number of hydrazone groups is 1. The molecule has 0 unspecified atom stereocenters. The van der Waals surface area contributed by atoms with Crippen molar-refractivity contribution in [1.82, 2.24) is 0 Å². The Morgan fingerprint density at radius 3 is 2.26 bits per heavy atom. The Morgan fingerprint density at radius 2 is 1.55 bits per heavy atom. The molecule has 1 aliphatic carbocycles. The number of ketones is 1. The summed E-state index contributed by atoms with van der Waals surface area (Å²) in [5, 5.41) is 9.26. The van der Waals surface area contributed by atoms with Crippen molar-refractivity contribution in [1.29, 1.82) is 0 Å². The minimum absolute atomic E-state index is 0.144. The first-order valence-corrected chi connectivity index (χ1v) is 11.3. The van der Waals surface area contributed by atoms with Gasteiger partial charge >= 0.3 is 0 Å². The van der Waals surface area contributed by atoms with Crippen LogP contribution in [0, 0.1) is 0 Å². The molecule has 4 heteroatoms. The van der Waals surface area contributed by atoms with Crippen molar-refractivity contribution in [3.05, 3.63) is 124 Å². The van der Waals surface area contributed by atoms with Crippen LogP contribution in [0.2, 0.25) is 0 Å². The molecule has 6 rings (SSSR count). The SMILES string of the molecule is O=C1c2ccccc2C[C@@]12[C@H](c1cccs1)C(c1ccccc1)=NN2c1ccccc1. The second-order valence-corrected chi connectivity index (χ2v) is 9.01. The van der Waals surface area contributed by atoms with E-state index in [0.29, 0.717) is 6.42 Å². The van der Waals surface area contributed by atoms with Gasteiger partial charge in [0.2, 0.25) is 0 Å². The second-order valence-electron chi connectivity index (χ2n) is 8.03. The Bertz CT molecular complexity index is 1280. The predicted molar refractivity (Wildman–Crippen MR) is 126 cm³/mol. The Kier molecular flexibility index (Phi) is 4.15. The number of thiophene rings is 1. The maximum atomic E-state index is 14.2. The number of Topliss-reactive ketones (excluding diaryl/α,β-unsaturated/α-hetero) is 1. The molecule has 1 spiro atoms. The third-order valence-electron chi connectivity index (χ3n) is 6.35. The van der Waals surface area contributed by atoms with Gasteiger partial charge < -0.3 is 0 Å². The van der Waals surface area contributed by atoms with Gasteiger partial charge in [-0.05, 0) is 34.7 Å². The fraction of sp³-hybridized carbons (Fsp3) is 0.111. The van der Waals surface area contributed by atoms with Crippen LogP contribution in [0.15, 0.2) is 108 Å². The van der Waals surface area contributed by atoms with E-state index in [9.17, 15) is 4.79 Å². The Balaban J connectivity index is 1.63. The lowest BCUT2D eigenvalue weighted by Gasteiger charge is -2.37. The highest BCUT2D eigenvalue weighted by molar-refractivity contribution is 7.10. The average molecular weight is 421 g/mol. The number of carbonyl (C=O) groups excluding carboxylic acids is 1. The highest BCUT2D eigenvalue weighted by Crippen LogP contribution is 2.52. The summed E-state index contributed by atoms with van der Waals surface area (Å²) in [5.41, 5.74) is 4.06. The van der Waals surface area contributed by atoms with Crippen molar-refractivity contribution in [3.8, 4) is 0 Å². The molecule has 4 aromatic rings. The van der Waals surface area contributed by atoms with Crippen LogP contribution in [0.1, 0.15) is 32.3 Å². The van der Waals surface area contributed by atoms with Crippen LogP contribution in [0.5, 0.6) is 0 Å². The van der Waals surface area contributed by atoms with E-state index in [1.807, 2.05) is 71.7 Å². The molecule has 0 saturated heterocycles. The second kappa shape index (κ2) is 7.03. The number of benzene rings is 3. The maximum Gasteiger partial charge on any atom is 0.192 e. The number of hydrogen-bond donors (Lipinski definition) is 0. The standard InChI is InChI=1S/C27H20N2OS/c30-26-22-15-8-7-12-20(22)18-27(26)24(23-16-9-17-31-23)25(19-10-3-1-4-11-19)28-29(27)21-13-5-2-6-14-21/h1-17,24H,18H2/t24-,27-/m1/s1. The number of anilines is 1. The summed E-state index contributed by atoms with van der Waals surface area (Å²) in [6.45, 7) is 0. The van der Waals surface area contributed by atoms with Crippen LogP contribution in [-0.2, 0) is 6.42 Å². The van der Waals surface area contributed by atoms with Gasteiger partial charge in [0, 0.05) is 16.9 Å². The van der Waals surface area contributed by atoms with E-state index in [1.165, 1.54) is 4.88 Å². The van der Waals surface area contributed by atoms with Crippen LogP contribution >= 0.6 is 11.3 Å². The largest absolute Gasteiger partial charge is 0.291 e. The van der Waals surface area contributed by atoms with Crippen molar-refractivity contribution in [2.75, 3.05) is 5.01 Å². The molecule has 0 radical (unpaired) electrons. The van der Waals surface area contributed by atoms with Crippen molar-refractivity contribution in [2.45, 2.75) is 17.9 Å². The normalized spacial score (nSPS) is 22.1. The molecule has 1 aliphatic heterocycles. The quantitative estimate of drug-likeness (QED) is 0.411. The van der Waals surface area contributed by atoms with Gasteiger partial charge in [-0.2, -0.15) is 5.10 Å². The van der Waals surface area contributed by atoms with Crippen LogP contribution in [-0.4, -0.2) is 17.0 Å². The molecule has 2 atom stereocenters. The van der Waals surface area contributed by atoms with E-state index in [2.05, 4.69) is 35.7 Å². The van der Waals surface area contributed by atoms with Crippen molar-refractivity contribution >= 4 is 28.5 Å². The van der Waals surface area contributed by atoms with Gasteiger partial charge in [-0.25, -0.2) is 5.01 Å². The lowest BCUT2D eigenvalue weighted by atomic mass is 9.75. The highest BCUT2D eigenvalue weighted by Gasteiger charge is 2.61. The minimum Gasteiger partial charge on any atom is -0.291 e. The van der Waals surface area contributed by atoms with Gasteiger partial charge in [-0.1, -0.05) is 78.9 Å². The summed E-state index contributed by atoms with van der Waals surface area (Å²) in [5.74, 6) is 0.00930. The molecule has 150 valence electrons. The summed E-state index contributed by atoms with van der Waals surface area (Å²) in [4.78, 5) is 15.3. The van der Waals surface area contributed by atoms with Gasteiger partial charge in [-0.15, -0.1) is 11.3 Å². The number of nitrogens with zero attached hydrogens (tertiary/aromatic N) is 2. The van der Waals surface area contributed by atoms with E-state index in [1.54, 1.807) is 11.3 Å². The fourth-order valence-electron chi connectivity index (χ4n) is 5.02. The molecule has 3 aromatic carbocycles. The molecule has 0 saturated carbocycles. The lowest BCUT2D eigenvalue weighted by Crippen LogP contribution is -2.53. The van der Waals surface area contributed by atoms with E-state index in [4.69, 9.17) is 5.10 Å². The third kappa shape index (κ3) is 2.65. The first kappa shape index (κ1) is 18.3. The zero-order valence-corrected chi connectivity index (χ0v) is 17.6. The van der Waals surface area contributed by atoms with E-state index in [0.717, 1.165) is 28.1 Å². The first-order chi connectivity index (χ1) is 15.3. The van der Waals surface area contributed by atoms with Crippen LogP contribution in [0.25, 0.3) is 0 Å². The van der Waals surface area contributed by atoms with Gasteiger partial charge in [0.25, 0.3) is 0 Å². The minimum atomic E-state index is -0.804. The molecule has 3 nitrogen and oxygen atoms in total. The summed E-state index contributed by atoms with van der Waals surface area (Å²) in [6, 6.07) is 32.6. The number of carbonyl (C=O) groups is 1. The van der Waals surface area contributed by atoms with Gasteiger partial charge in [0.15, 0.2) is 5.78 Å². The molecule has 0 bridgehead atoms. The molecule has 0 fully saturated rings. The van der Waals surface area contributed by atoms with E-state index in [-0.39, 0.29) is 11.7 Å². The molecule has 1 aromatic heterocycles. The number of rotatable bonds is 3. The molecule has 2 aliphatic rings. The molecule has 0 N–H and O–H groups in total. The lowest BCUT2D eigenvalue weighted by molar-refractivity contribution is 0.0900. The summed E-state index contributed by atoms with van der Waals surface area (Å²) >= 11 is 1.70. The van der Waals surface area contributed by atoms with Crippen LogP contribution in [0.4, 0.5) is 5.69 Å². The molecule has 2 heterocycles. The Morgan fingerprint density at radius 1 is 0.839 bits per heavy atom. The average Bonchev–Trinajstić information content (AvgIpc) is 3.53. The molecular formula is C27H20N2OS. The predicted octanol–water partition coefficient (Wildman–Crippen LogP) is 5.93. The smallest absolute Gasteiger partial charge is 0.192 e. The van der Waals surface area contributed by atoms with E-state index >= 15 is 0 Å². The molecule has 31 heavy (non-hydrogen) atoms. The summed E-state index contributed by atoms with van der Waals surface area (Å²) < 4.78 is 0. The zero-order chi connectivity index (χ0) is 20.8. The Labute approximate surface area is 185 Å². The third-order valence-corrected chi connectivity index (χ3v) is 7.29. The van der Waals surface area contributed by atoms with Gasteiger partial charge in [0.05, 0.1) is 17.3 Å². The topological polar surface area (TPSA) is 32.7 Å². The summed E-state index contributed by atoms with van der Waals surface area (Å²) in [7, 11) is 0.